The van der Waals surface area contributed by atoms with Crippen LogP contribution < -0.4 is 16.2 Å². The van der Waals surface area contributed by atoms with E-state index in [1.165, 1.54) is 0 Å². The molecule has 0 aliphatic carbocycles. The lowest BCUT2D eigenvalue weighted by molar-refractivity contribution is -0.137. The maximum absolute atomic E-state index is 12.6. The van der Waals surface area contributed by atoms with E-state index in [0.29, 0.717) is 18.9 Å². The van der Waals surface area contributed by atoms with E-state index in [-0.39, 0.29) is 12.6 Å². The number of aromatic nitrogens is 1. The highest BCUT2D eigenvalue weighted by atomic mass is 19.4. The van der Waals surface area contributed by atoms with E-state index in [2.05, 4.69) is 10.6 Å². The fourth-order valence-corrected chi connectivity index (χ4v) is 2.08. The number of alkyl halides is 3. The number of hydrogen-bond donors (Lipinski definition) is 3. The van der Waals surface area contributed by atoms with Gasteiger partial charge in [0.05, 0.1) is 11.7 Å². The minimum atomic E-state index is -4.60. The minimum Gasteiger partial charge on any atom is -0.376 e. The molecule has 1 fully saturated rings. The average molecular weight is 319 g/mol. The molecule has 22 heavy (non-hydrogen) atoms. The van der Waals surface area contributed by atoms with Gasteiger partial charge < -0.3 is 20.4 Å². The highest BCUT2D eigenvalue weighted by Gasteiger charge is 2.31. The number of rotatable bonds is 3. The Hall–Kier alpha value is -2.03. The molecular weight excluding hydrogens is 303 g/mol. The summed E-state index contributed by atoms with van der Waals surface area (Å²) in [5, 5.41) is 4.59. The van der Waals surface area contributed by atoms with E-state index in [4.69, 9.17) is 4.74 Å². The molecule has 9 heteroatoms. The molecule has 0 unspecified atom stereocenters. The second kappa shape index (κ2) is 6.82. The van der Waals surface area contributed by atoms with Crippen LogP contribution in [-0.2, 0) is 10.9 Å². The zero-order chi connectivity index (χ0) is 16.2. The Morgan fingerprint density at radius 3 is 2.82 bits per heavy atom. The summed E-state index contributed by atoms with van der Waals surface area (Å²) in [4.78, 5) is 25.0. The van der Waals surface area contributed by atoms with Crippen molar-refractivity contribution >= 4 is 11.7 Å². The van der Waals surface area contributed by atoms with Crippen LogP contribution in [0, 0.1) is 0 Å². The molecule has 2 rings (SSSR count). The molecular formula is C13H16F3N3O3. The number of ether oxygens (including phenoxy) is 1. The van der Waals surface area contributed by atoms with Crippen LogP contribution in [0.3, 0.4) is 0 Å². The number of pyridine rings is 1. The van der Waals surface area contributed by atoms with Gasteiger partial charge in [0.25, 0.3) is 5.56 Å². The van der Waals surface area contributed by atoms with E-state index in [1.807, 2.05) is 4.98 Å². The molecule has 1 saturated heterocycles. The van der Waals surface area contributed by atoms with Crippen molar-refractivity contribution in [1.82, 2.24) is 10.3 Å². The van der Waals surface area contributed by atoms with Crippen molar-refractivity contribution in [3.8, 4) is 0 Å². The van der Waals surface area contributed by atoms with Gasteiger partial charge in [0.15, 0.2) is 0 Å². The van der Waals surface area contributed by atoms with Gasteiger partial charge in [0, 0.05) is 19.3 Å². The van der Waals surface area contributed by atoms with Crippen molar-refractivity contribution in [1.29, 1.82) is 0 Å². The first-order valence-corrected chi connectivity index (χ1v) is 6.82. The molecule has 1 aliphatic rings. The summed E-state index contributed by atoms with van der Waals surface area (Å²) in [5.74, 6) is 0. The number of carbonyl (C=O) groups is 1. The van der Waals surface area contributed by atoms with E-state index < -0.39 is 29.0 Å². The number of urea groups is 1. The van der Waals surface area contributed by atoms with Gasteiger partial charge in [-0.05, 0) is 25.3 Å². The smallest absolute Gasteiger partial charge is 0.376 e. The van der Waals surface area contributed by atoms with Crippen molar-refractivity contribution in [3.05, 3.63) is 28.2 Å². The lowest BCUT2D eigenvalue weighted by atomic mass is 10.1. The van der Waals surface area contributed by atoms with Crippen molar-refractivity contribution in [2.24, 2.45) is 0 Å². The molecule has 0 saturated carbocycles. The molecule has 0 aromatic carbocycles. The highest BCUT2D eigenvalue weighted by molar-refractivity contribution is 5.89. The van der Waals surface area contributed by atoms with E-state index >= 15 is 0 Å². The van der Waals surface area contributed by atoms with Crippen molar-refractivity contribution in [2.75, 3.05) is 18.5 Å². The lowest BCUT2D eigenvalue weighted by Gasteiger charge is -2.22. The molecule has 0 bridgehead atoms. The summed E-state index contributed by atoms with van der Waals surface area (Å²) in [6, 6.07) is -0.158. The first-order chi connectivity index (χ1) is 10.4. The topological polar surface area (TPSA) is 83.2 Å². The van der Waals surface area contributed by atoms with Gasteiger partial charge in [-0.2, -0.15) is 13.2 Å². The molecule has 6 nitrogen and oxygen atoms in total. The number of aromatic amines is 1. The van der Waals surface area contributed by atoms with Gasteiger partial charge in [-0.3, -0.25) is 4.79 Å². The van der Waals surface area contributed by atoms with Gasteiger partial charge in [0.1, 0.15) is 5.69 Å². The highest BCUT2D eigenvalue weighted by Crippen LogP contribution is 2.29. The first-order valence-electron chi connectivity index (χ1n) is 6.82. The van der Waals surface area contributed by atoms with Crippen molar-refractivity contribution in [3.63, 3.8) is 0 Å². The Balaban J connectivity index is 1.94. The maximum Gasteiger partial charge on any atom is 0.417 e. The van der Waals surface area contributed by atoms with Gasteiger partial charge in [-0.25, -0.2) is 4.79 Å². The standard InChI is InChI=1S/C13H16F3N3O3/c14-13(15,16)8-5-10(11(20)17-6-8)19-12(21)18-7-9-3-1-2-4-22-9/h5-6,9H,1-4,7H2,(H,17,20)(H2,18,19,21)/t9-/m0/s1. The van der Waals surface area contributed by atoms with Crippen LogP contribution in [0.1, 0.15) is 24.8 Å². The molecule has 1 aromatic rings. The van der Waals surface area contributed by atoms with Crippen molar-refractivity contribution in [2.45, 2.75) is 31.5 Å². The third-order valence-electron chi connectivity index (χ3n) is 3.24. The monoisotopic (exact) mass is 319 g/mol. The molecule has 1 aliphatic heterocycles. The SMILES string of the molecule is O=C(NC[C@@H]1CCCCO1)Nc1cc(C(F)(F)F)c[nH]c1=O. The van der Waals surface area contributed by atoms with E-state index in [9.17, 15) is 22.8 Å². The summed E-state index contributed by atoms with van der Waals surface area (Å²) in [6.07, 6.45) is -1.37. The quantitative estimate of drug-likeness (QED) is 0.797. The Bertz CT molecular complexity index is 580. The summed E-state index contributed by atoms with van der Waals surface area (Å²) in [6.45, 7) is 0.865. The number of anilines is 1. The molecule has 1 aromatic heterocycles. The summed E-state index contributed by atoms with van der Waals surface area (Å²) < 4.78 is 43.1. The number of carbonyl (C=O) groups excluding carboxylic acids is 1. The second-order valence-corrected chi connectivity index (χ2v) is 4.95. The van der Waals surface area contributed by atoms with Crippen LogP contribution in [0.4, 0.5) is 23.7 Å². The minimum absolute atomic E-state index is 0.112. The average Bonchev–Trinajstić information content (AvgIpc) is 2.47. The summed E-state index contributed by atoms with van der Waals surface area (Å²) in [7, 11) is 0. The third-order valence-corrected chi connectivity index (χ3v) is 3.24. The Kier molecular flexibility index (Phi) is 5.07. The number of hydrogen-bond acceptors (Lipinski definition) is 3. The molecule has 3 N–H and O–H groups in total. The summed E-state index contributed by atoms with van der Waals surface area (Å²) >= 11 is 0. The maximum atomic E-state index is 12.6. The van der Waals surface area contributed by atoms with Crippen molar-refractivity contribution < 1.29 is 22.7 Å². The summed E-state index contributed by atoms with van der Waals surface area (Å²) in [5.41, 5.74) is -2.31. The second-order valence-electron chi connectivity index (χ2n) is 4.95. The molecule has 122 valence electrons. The number of halogens is 3. The lowest BCUT2D eigenvalue weighted by Crippen LogP contribution is -2.38. The van der Waals surface area contributed by atoms with E-state index in [1.54, 1.807) is 0 Å². The van der Waals surface area contributed by atoms with Crippen LogP contribution in [-0.4, -0.2) is 30.3 Å². The number of amides is 2. The molecule has 2 heterocycles. The Morgan fingerprint density at radius 1 is 1.41 bits per heavy atom. The van der Waals surface area contributed by atoms with Crippen LogP contribution >= 0.6 is 0 Å². The first kappa shape index (κ1) is 16.3. The Labute approximate surface area is 124 Å². The molecule has 1 atom stereocenters. The van der Waals surface area contributed by atoms with Crippen LogP contribution in [0.2, 0.25) is 0 Å². The molecule has 0 radical (unpaired) electrons. The zero-order valence-electron chi connectivity index (χ0n) is 11.6. The predicted octanol–water partition coefficient (Wildman–Crippen LogP) is 2.08. The number of nitrogens with one attached hydrogen (secondary N) is 3. The predicted molar refractivity (Wildman–Crippen MR) is 72.7 cm³/mol. The van der Waals surface area contributed by atoms with Gasteiger partial charge >= 0.3 is 12.2 Å². The zero-order valence-corrected chi connectivity index (χ0v) is 11.6. The van der Waals surface area contributed by atoms with Crippen LogP contribution in [0.15, 0.2) is 17.1 Å². The fourth-order valence-electron chi connectivity index (χ4n) is 2.08. The van der Waals surface area contributed by atoms with Crippen LogP contribution in [0.25, 0.3) is 0 Å². The largest absolute Gasteiger partial charge is 0.417 e. The molecule has 0 spiro atoms. The van der Waals surface area contributed by atoms with Gasteiger partial charge in [-0.15, -0.1) is 0 Å². The fraction of sp³-hybridized carbons (Fsp3) is 0.538. The number of H-pyrrole nitrogens is 1. The molecule has 2 amide bonds. The van der Waals surface area contributed by atoms with Gasteiger partial charge in [-0.1, -0.05) is 0 Å². The third kappa shape index (κ3) is 4.48. The normalized spacial score (nSPS) is 18.8. The van der Waals surface area contributed by atoms with Crippen LogP contribution in [0.5, 0.6) is 0 Å². The Morgan fingerprint density at radius 2 is 2.18 bits per heavy atom. The van der Waals surface area contributed by atoms with E-state index in [0.717, 1.165) is 19.3 Å². The van der Waals surface area contributed by atoms with Gasteiger partial charge in [0.2, 0.25) is 0 Å².